The van der Waals surface area contributed by atoms with Gasteiger partial charge < -0.3 is 5.11 Å². The second-order valence-corrected chi connectivity index (χ2v) is 4.49. The van der Waals surface area contributed by atoms with E-state index in [0.29, 0.717) is 5.57 Å². The van der Waals surface area contributed by atoms with Crippen LogP contribution in [0.25, 0.3) is 0 Å². The number of rotatable bonds is 1. The van der Waals surface area contributed by atoms with Gasteiger partial charge in [-0.05, 0) is 36.3 Å². The van der Waals surface area contributed by atoms with E-state index in [-0.39, 0.29) is 5.41 Å². The summed E-state index contributed by atoms with van der Waals surface area (Å²) in [6.07, 6.45) is 3.01. The summed E-state index contributed by atoms with van der Waals surface area (Å²) in [5.74, 6) is -0.874. The van der Waals surface area contributed by atoms with Gasteiger partial charge in [-0.1, -0.05) is 13.8 Å². The van der Waals surface area contributed by atoms with Gasteiger partial charge in [-0.25, -0.2) is 4.79 Å². The maximum Gasteiger partial charge on any atom is 0.332 e. The number of aliphatic carboxylic acids is 1. The van der Waals surface area contributed by atoms with E-state index in [1.807, 2.05) is 19.9 Å². The molecule has 0 saturated heterocycles. The second-order valence-electron chi connectivity index (χ2n) is 4.49. The lowest BCUT2D eigenvalue weighted by Crippen LogP contribution is -2.26. The van der Waals surface area contributed by atoms with Gasteiger partial charge in [0.2, 0.25) is 0 Å². The predicted molar refractivity (Wildman–Crippen MR) is 57.0 cm³/mol. The molecule has 0 amide bonds. The van der Waals surface area contributed by atoms with E-state index in [0.717, 1.165) is 24.0 Å². The topological polar surface area (TPSA) is 61.1 Å². The Bertz CT molecular complexity index is 394. The molecule has 3 heteroatoms. The highest BCUT2D eigenvalue weighted by Gasteiger charge is 2.34. The smallest absolute Gasteiger partial charge is 0.332 e. The molecule has 80 valence electrons. The first kappa shape index (κ1) is 11.5. The van der Waals surface area contributed by atoms with Crippen molar-refractivity contribution in [3.8, 4) is 6.07 Å². The lowest BCUT2D eigenvalue weighted by atomic mass is 9.71. The molecular weight excluding hydrogens is 190 g/mol. The second kappa shape index (κ2) is 3.90. The number of allylic oxidation sites excluding steroid dienone is 3. The van der Waals surface area contributed by atoms with E-state index in [1.54, 1.807) is 6.92 Å². The van der Waals surface area contributed by atoms with Crippen LogP contribution >= 0.6 is 0 Å². The third-order valence-corrected chi connectivity index (χ3v) is 3.01. The van der Waals surface area contributed by atoms with Crippen LogP contribution in [0.3, 0.4) is 0 Å². The maximum absolute atomic E-state index is 11.2. The van der Waals surface area contributed by atoms with Crippen molar-refractivity contribution < 1.29 is 9.90 Å². The molecule has 0 saturated carbocycles. The Labute approximate surface area is 89.7 Å². The lowest BCUT2D eigenvalue weighted by molar-refractivity contribution is -0.134. The monoisotopic (exact) mass is 205 g/mol. The largest absolute Gasteiger partial charge is 0.478 e. The third kappa shape index (κ3) is 2.10. The molecule has 3 nitrogen and oxygen atoms in total. The molecule has 0 aromatic rings. The van der Waals surface area contributed by atoms with Gasteiger partial charge in [0.05, 0.1) is 6.07 Å². The molecule has 0 aliphatic heterocycles. The SMILES string of the molecule is CC1=C(C(=O)O)C(C)(C)CC/C1=C\C#N. The molecule has 0 aromatic heterocycles. The minimum absolute atomic E-state index is 0.303. The number of carboxylic acids is 1. The highest BCUT2D eigenvalue weighted by atomic mass is 16.4. The minimum atomic E-state index is -0.874. The first-order valence-electron chi connectivity index (χ1n) is 4.94. The highest BCUT2D eigenvalue weighted by Crippen LogP contribution is 2.42. The van der Waals surface area contributed by atoms with E-state index in [1.165, 1.54) is 6.08 Å². The predicted octanol–water partition coefficient (Wildman–Crippen LogP) is 2.66. The first-order chi connectivity index (χ1) is 6.90. The number of nitriles is 1. The Kier molecular flexibility index (Phi) is 2.99. The van der Waals surface area contributed by atoms with E-state index in [2.05, 4.69) is 0 Å². The standard InChI is InChI=1S/C12H15NO2/c1-8-9(5-7-13)4-6-12(2,3)10(8)11(14)15/h5H,4,6H2,1-3H3,(H,14,15)/b9-5+. The quantitative estimate of drug-likeness (QED) is 0.669. The van der Waals surface area contributed by atoms with Crippen LogP contribution in [0.15, 0.2) is 22.8 Å². The molecule has 0 radical (unpaired) electrons. The summed E-state index contributed by atoms with van der Waals surface area (Å²) >= 11 is 0. The zero-order valence-corrected chi connectivity index (χ0v) is 9.29. The van der Waals surface area contributed by atoms with Crippen molar-refractivity contribution in [2.75, 3.05) is 0 Å². The van der Waals surface area contributed by atoms with Crippen molar-refractivity contribution >= 4 is 5.97 Å². The number of carbonyl (C=O) groups is 1. The van der Waals surface area contributed by atoms with Gasteiger partial charge in [0.25, 0.3) is 0 Å². The molecule has 1 N–H and O–H groups in total. The van der Waals surface area contributed by atoms with Crippen LogP contribution in [0.4, 0.5) is 0 Å². The fraction of sp³-hybridized carbons (Fsp3) is 0.500. The number of nitrogens with zero attached hydrogens (tertiary/aromatic N) is 1. The van der Waals surface area contributed by atoms with Gasteiger partial charge in [-0.15, -0.1) is 0 Å². The lowest BCUT2D eigenvalue weighted by Gasteiger charge is -2.32. The molecule has 0 bridgehead atoms. The van der Waals surface area contributed by atoms with Crippen LogP contribution in [0, 0.1) is 16.7 Å². The zero-order chi connectivity index (χ0) is 11.6. The van der Waals surface area contributed by atoms with Crippen molar-refractivity contribution in [2.45, 2.75) is 33.6 Å². The van der Waals surface area contributed by atoms with E-state index >= 15 is 0 Å². The van der Waals surface area contributed by atoms with Gasteiger partial charge in [0, 0.05) is 11.6 Å². The minimum Gasteiger partial charge on any atom is -0.478 e. The molecule has 1 aliphatic carbocycles. The average Bonchev–Trinajstić information content (AvgIpc) is 2.09. The Hall–Kier alpha value is -1.56. The molecular formula is C12H15NO2. The highest BCUT2D eigenvalue weighted by molar-refractivity contribution is 5.90. The molecule has 0 unspecified atom stereocenters. The van der Waals surface area contributed by atoms with Gasteiger partial charge >= 0.3 is 5.97 Å². The van der Waals surface area contributed by atoms with Gasteiger partial charge in [0.1, 0.15) is 0 Å². The molecule has 0 heterocycles. The summed E-state index contributed by atoms with van der Waals surface area (Å²) in [7, 11) is 0. The fourth-order valence-corrected chi connectivity index (χ4v) is 2.14. The molecule has 15 heavy (non-hydrogen) atoms. The molecule has 0 atom stereocenters. The summed E-state index contributed by atoms with van der Waals surface area (Å²) in [5, 5.41) is 17.8. The molecule has 1 rings (SSSR count). The summed E-state index contributed by atoms with van der Waals surface area (Å²) in [4.78, 5) is 11.2. The van der Waals surface area contributed by atoms with Crippen LogP contribution in [0.1, 0.15) is 33.6 Å². The zero-order valence-electron chi connectivity index (χ0n) is 9.29. The normalized spacial score (nSPS) is 22.7. The average molecular weight is 205 g/mol. The van der Waals surface area contributed by atoms with Crippen molar-refractivity contribution in [1.82, 2.24) is 0 Å². The Balaban J connectivity index is 3.32. The maximum atomic E-state index is 11.2. The molecule has 0 spiro atoms. The van der Waals surface area contributed by atoms with Crippen LogP contribution < -0.4 is 0 Å². The first-order valence-corrected chi connectivity index (χ1v) is 4.94. The number of hydrogen-bond donors (Lipinski definition) is 1. The molecule has 0 fully saturated rings. The van der Waals surface area contributed by atoms with Gasteiger partial charge in [-0.3, -0.25) is 0 Å². The Morgan fingerprint density at radius 2 is 2.20 bits per heavy atom. The third-order valence-electron chi connectivity index (χ3n) is 3.01. The van der Waals surface area contributed by atoms with Crippen molar-refractivity contribution in [3.63, 3.8) is 0 Å². The van der Waals surface area contributed by atoms with E-state index < -0.39 is 5.97 Å². The van der Waals surface area contributed by atoms with Crippen LogP contribution in [0.5, 0.6) is 0 Å². The molecule has 0 aromatic carbocycles. The van der Waals surface area contributed by atoms with Crippen molar-refractivity contribution in [3.05, 3.63) is 22.8 Å². The summed E-state index contributed by atoms with van der Waals surface area (Å²) in [6.45, 7) is 5.65. The van der Waals surface area contributed by atoms with Gasteiger partial charge in [0.15, 0.2) is 0 Å². The Morgan fingerprint density at radius 3 is 2.67 bits per heavy atom. The van der Waals surface area contributed by atoms with Gasteiger partial charge in [-0.2, -0.15) is 5.26 Å². The van der Waals surface area contributed by atoms with Crippen molar-refractivity contribution in [1.29, 1.82) is 5.26 Å². The van der Waals surface area contributed by atoms with Crippen LogP contribution in [-0.4, -0.2) is 11.1 Å². The summed E-state index contributed by atoms with van der Waals surface area (Å²) < 4.78 is 0. The fourth-order valence-electron chi connectivity index (χ4n) is 2.14. The molecule has 1 aliphatic rings. The Morgan fingerprint density at radius 1 is 1.60 bits per heavy atom. The summed E-state index contributed by atoms with van der Waals surface area (Å²) in [6, 6.07) is 1.97. The summed E-state index contributed by atoms with van der Waals surface area (Å²) in [5.41, 5.74) is 1.74. The number of hydrogen-bond acceptors (Lipinski definition) is 2. The van der Waals surface area contributed by atoms with E-state index in [4.69, 9.17) is 10.4 Å². The van der Waals surface area contributed by atoms with Crippen molar-refractivity contribution in [2.24, 2.45) is 5.41 Å². The van der Waals surface area contributed by atoms with Crippen LogP contribution in [-0.2, 0) is 4.79 Å². The number of carboxylic acid groups (broad SMARTS) is 1. The van der Waals surface area contributed by atoms with Crippen LogP contribution in [0.2, 0.25) is 0 Å². The van der Waals surface area contributed by atoms with E-state index in [9.17, 15) is 4.79 Å².